The minimum Gasteiger partial charge on any atom is -0.313 e. The van der Waals surface area contributed by atoms with Crippen molar-refractivity contribution in [2.45, 2.75) is 53.0 Å². The van der Waals surface area contributed by atoms with E-state index in [1.807, 2.05) is 6.92 Å². The minimum absolute atomic E-state index is 0.0373. The van der Waals surface area contributed by atoms with Gasteiger partial charge in [0.15, 0.2) is 5.78 Å². The Bertz CT molecular complexity index is 555. The molecule has 0 spiro atoms. The summed E-state index contributed by atoms with van der Waals surface area (Å²) >= 11 is 0. The predicted octanol–water partition coefficient (Wildman–Crippen LogP) is 2.13. The van der Waals surface area contributed by atoms with Gasteiger partial charge >= 0.3 is 5.69 Å². The average Bonchev–Trinajstić information content (AvgIpc) is 2.27. The molecule has 5 nitrogen and oxygen atoms in total. The zero-order chi connectivity index (χ0) is 14.6. The van der Waals surface area contributed by atoms with E-state index in [1.165, 1.54) is 13.1 Å². The first-order valence-electron chi connectivity index (χ1n) is 6.69. The number of H-pyrrole nitrogens is 1. The summed E-state index contributed by atoms with van der Waals surface area (Å²) in [5.74, 6) is 0.273. The Morgan fingerprint density at radius 3 is 2.42 bits per heavy atom. The van der Waals surface area contributed by atoms with Crippen molar-refractivity contribution in [3.63, 3.8) is 0 Å². The van der Waals surface area contributed by atoms with Gasteiger partial charge in [-0.25, -0.2) is 4.79 Å². The van der Waals surface area contributed by atoms with Crippen LogP contribution in [-0.4, -0.2) is 15.3 Å². The zero-order valence-corrected chi connectivity index (χ0v) is 12.0. The number of carbonyl (C=O) groups excluding carboxylic acids is 1. The Balaban J connectivity index is 2.99. The van der Waals surface area contributed by atoms with E-state index in [9.17, 15) is 14.4 Å². The molecule has 1 N–H and O–H groups in total. The van der Waals surface area contributed by atoms with Crippen LogP contribution in [0.2, 0.25) is 0 Å². The number of carbonyl (C=O) groups is 1. The van der Waals surface area contributed by atoms with Gasteiger partial charge in [-0.1, -0.05) is 26.7 Å². The van der Waals surface area contributed by atoms with E-state index in [4.69, 9.17) is 0 Å². The van der Waals surface area contributed by atoms with Gasteiger partial charge in [0.25, 0.3) is 5.56 Å². The summed E-state index contributed by atoms with van der Waals surface area (Å²) in [7, 11) is 0. The zero-order valence-electron chi connectivity index (χ0n) is 12.0. The molecule has 0 aliphatic carbocycles. The molecule has 1 atom stereocenters. The topological polar surface area (TPSA) is 71.9 Å². The summed E-state index contributed by atoms with van der Waals surface area (Å²) in [6.45, 7) is 7.43. The second-order valence-corrected chi connectivity index (χ2v) is 5.41. The first kappa shape index (κ1) is 15.4. The highest BCUT2D eigenvalue weighted by atomic mass is 16.2. The Morgan fingerprint density at radius 1 is 1.26 bits per heavy atom. The predicted molar refractivity (Wildman–Crippen MR) is 74.7 cm³/mol. The fourth-order valence-electron chi connectivity index (χ4n) is 2.09. The first-order valence-corrected chi connectivity index (χ1v) is 6.69. The highest BCUT2D eigenvalue weighted by molar-refractivity contribution is 5.93. The number of aromatic amines is 1. The maximum Gasteiger partial charge on any atom is 0.328 e. The van der Waals surface area contributed by atoms with Crippen LogP contribution in [0.1, 0.15) is 63.4 Å². The van der Waals surface area contributed by atoms with E-state index in [0.29, 0.717) is 5.92 Å². The summed E-state index contributed by atoms with van der Waals surface area (Å²) < 4.78 is 1.15. The standard InChI is InChI=1S/C14H22N2O3/c1-9(2)6-5-7-10(3)16-13(18)12(11(4)17)8-15-14(16)19/h8-10H,5-7H2,1-4H3,(H,15,19). The van der Waals surface area contributed by atoms with Crippen LogP contribution >= 0.6 is 0 Å². The average molecular weight is 266 g/mol. The van der Waals surface area contributed by atoms with Crippen molar-refractivity contribution < 1.29 is 4.79 Å². The van der Waals surface area contributed by atoms with Crippen LogP contribution in [-0.2, 0) is 0 Å². The van der Waals surface area contributed by atoms with Crippen LogP contribution in [0.4, 0.5) is 0 Å². The van der Waals surface area contributed by atoms with Crippen molar-refractivity contribution in [3.8, 4) is 0 Å². The van der Waals surface area contributed by atoms with Gasteiger partial charge in [0.2, 0.25) is 0 Å². The van der Waals surface area contributed by atoms with Gasteiger partial charge in [-0.3, -0.25) is 14.2 Å². The van der Waals surface area contributed by atoms with Gasteiger partial charge < -0.3 is 4.98 Å². The first-order chi connectivity index (χ1) is 8.84. The SMILES string of the molecule is CC(=O)c1c[nH]c(=O)n(C(C)CCCC(C)C)c1=O. The second-order valence-electron chi connectivity index (χ2n) is 5.41. The number of Topliss-reactive ketones (excluding diaryl/α,β-unsaturated/α-hetero) is 1. The molecule has 106 valence electrons. The Labute approximate surface area is 112 Å². The quantitative estimate of drug-likeness (QED) is 0.802. The fraction of sp³-hybridized carbons (Fsp3) is 0.643. The van der Waals surface area contributed by atoms with Crippen LogP contribution in [0.25, 0.3) is 0 Å². The molecule has 0 aliphatic rings. The van der Waals surface area contributed by atoms with Gasteiger partial charge in [0.1, 0.15) is 0 Å². The van der Waals surface area contributed by atoms with Crippen molar-refractivity contribution in [2.75, 3.05) is 0 Å². The van der Waals surface area contributed by atoms with Crippen molar-refractivity contribution in [3.05, 3.63) is 32.6 Å². The summed E-state index contributed by atoms with van der Waals surface area (Å²) in [6.07, 6.45) is 3.96. The number of nitrogens with zero attached hydrogens (tertiary/aromatic N) is 1. The van der Waals surface area contributed by atoms with Crippen LogP contribution in [0.5, 0.6) is 0 Å². The fourth-order valence-corrected chi connectivity index (χ4v) is 2.09. The Hall–Kier alpha value is -1.65. The summed E-state index contributed by atoms with van der Waals surface area (Å²) in [5.41, 5.74) is -0.907. The monoisotopic (exact) mass is 266 g/mol. The minimum atomic E-state index is -0.492. The van der Waals surface area contributed by atoms with Crippen LogP contribution < -0.4 is 11.2 Å². The molecule has 1 aromatic rings. The molecule has 0 amide bonds. The largest absolute Gasteiger partial charge is 0.328 e. The molecule has 0 radical (unpaired) electrons. The third-order valence-corrected chi connectivity index (χ3v) is 3.23. The number of aromatic nitrogens is 2. The van der Waals surface area contributed by atoms with Crippen LogP contribution in [0.15, 0.2) is 15.8 Å². The Morgan fingerprint density at radius 2 is 1.89 bits per heavy atom. The van der Waals surface area contributed by atoms with Gasteiger partial charge in [-0.05, 0) is 26.2 Å². The molecule has 0 saturated carbocycles. The lowest BCUT2D eigenvalue weighted by molar-refractivity contribution is 0.101. The highest BCUT2D eigenvalue weighted by Gasteiger charge is 2.15. The molecule has 0 fully saturated rings. The maximum absolute atomic E-state index is 12.1. The lowest BCUT2D eigenvalue weighted by Crippen LogP contribution is -2.39. The number of rotatable bonds is 6. The van der Waals surface area contributed by atoms with E-state index in [0.717, 1.165) is 23.8 Å². The van der Waals surface area contributed by atoms with E-state index in [1.54, 1.807) is 0 Å². The molecule has 0 aliphatic heterocycles. The van der Waals surface area contributed by atoms with Crippen molar-refractivity contribution in [2.24, 2.45) is 5.92 Å². The molecule has 1 unspecified atom stereocenters. The van der Waals surface area contributed by atoms with Crippen molar-refractivity contribution >= 4 is 5.78 Å². The molecule has 1 heterocycles. The molecule has 19 heavy (non-hydrogen) atoms. The molecule has 1 aromatic heterocycles. The molecular formula is C14H22N2O3. The molecule has 0 saturated heterocycles. The smallest absolute Gasteiger partial charge is 0.313 e. The van der Waals surface area contributed by atoms with Crippen LogP contribution in [0.3, 0.4) is 0 Å². The second kappa shape index (κ2) is 6.50. The van der Waals surface area contributed by atoms with Gasteiger partial charge in [-0.2, -0.15) is 0 Å². The number of ketones is 1. The molecule has 0 aromatic carbocycles. The maximum atomic E-state index is 12.1. The number of nitrogens with one attached hydrogen (secondary N) is 1. The molecular weight excluding hydrogens is 244 g/mol. The summed E-state index contributed by atoms with van der Waals surface area (Å²) in [5, 5.41) is 0. The Kier molecular flexibility index (Phi) is 5.27. The lowest BCUT2D eigenvalue weighted by Gasteiger charge is -2.15. The van der Waals surface area contributed by atoms with E-state index < -0.39 is 11.2 Å². The van der Waals surface area contributed by atoms with Crippen molar-refractivity contribution in [1.29, 1.82) is 0 Å². The van der Waals surface area contributed by atoms with E-state index in [-0.39, 0.29) is 17.4 Å². The van der Waals surface area contributed by atoms with Crippen molar-refractivity contribution in [1.82, 2.24) is 9.55 Å². The summed E-state index contributed by atoms with van der Waals surface area (Å²) in [6, 6.07) is -0.200. The third kappa shape index (κ3) is 3.91. The van der Waals surface area contributed by atoms with E-state index in [2.05, 4.69) is 18.8 Å². The van der Waals surface area contributed by atoms with Gasteiger partial charge in [0, 0.05) is 12.2 Å². The molecule has 1 rings (SSSR count). The number of hydrogen-bond acceptors (Lipinski definition) is 3. The number of hydrogen-bond donors (Lipinski definition) is 1. The highest BCUT2D eigenvalue weighted by Crippen LogP contribution is 2.14. The lowest BCUT2D eigenvalue weighted by atomic mass is 10.0. The van der Waals surface area contributed by atoms with E-state index >= 15 is 0 Å². The summed E-state index contributed by atoms with van der Waals surface area (Å²) in [4.78, 5) is 37.6. The van der Waals surface area contributed by atoms with Crippen LogP contribution in [0, 0.1) is 5.92 Å². The third-order valence-electron chi connectivity index (χ3n) is 3.23. The molecule has 5 heteroatoms. The van der Waals surface area contributed by atoms with Gasteiger partial charge in [0.05, 0.1) is 5.56 Å². The normalized spacial score (nSPS) is 12.7. The molecule has 0 bridgehead atoms. The van der Waals surface area contributed by atoms with Gasteiger partial charge in [-0.15, -0.1) is 0 Å².